The molecule has 4 aromatic rings. The highest BCUT2D eigenvalue weighted by molar-refractivity contribution is 5.73. The molecular weight excluding hydrogens is 262 g/mol. The molecule has 4 rings (SSSR count). The van der Waals surface area contributed by atoms with Crippen molar-refractivity contribution in [3.05, 3.63) is 66.9 Å². The molecule has 0 spiro atoms. The van der Waals surface area contributed by atoms with Crippen LogP contribution in [-0.2, 0) is 0 Å². The van der Waals surface area contributed by atoms with Gasteiger partial charge >= 0.3 is 0 Å². The summed E-state index contributed by atoms with van der Waals surface area (Å²) in [7, 11) is 0. The van der Waals surface area contributed by atoms with E-state index in [1.54, 1.807) is 10.9 Å². The Morgan fingerprint density at radius 2 is 1.52 bits per heavy atom. The van der Waals surface area contributed by atoms with Gasteiger partial charge in [-0.05, 0) is 12.1 Å². The molecule has 0 bridgehead atoms. The van der Waals surface area contributed by atoms with Crippen molar-refractivity contribution in [2.45, 2.75) is 0 Å². The van der Waals surface area contributed by atoms with Crippen LogP contribution < -0.4 is 0 Å². The lowest BCUT2D eigenvalue weighted by molar-refractivity contribution is 0.817. The molecule has 2 heterocycles. The normalized spacial score (nSPS) is 10.9. The zero-order chi connectivity index (χ0) is 14.1. The maximum absolute atomic E-state index is 4.61. The average Bonchev–Trinajstić information content (AvgIpc) is 2.99. The molecule has 5 heteroatoms. The van der Waals surface area contributed by atoms with E-state index in [1.165, 1.54) is 0 Å². The minimum Gasteiger partial charge on any atom is -0.234 e. The van der Waals surface area contributed by atoms with Gasteiger partial charge in [-0.2, -0.15) is 4.68 Å². The third-order valence-electron chi connectivity index (χ3n) is 3.23. The number of rotatable bonds is 2. The van der Waals surface area contributed by atoms with Crippen molar-refractivity contribution in [3.8, 4) is 17.1 Å². The Hall–Kier alpha value is -3.08. The number of nitrogens with zero attached hydrogens (tertiary/aromatic N) is 5. The third-order valence-corrected chi connectivity index (χ3v) is 3.23. The molecule has 2 aromatic carbocycles. The minimum atomic E-state index is 0.669. The molecule has 2 aromatic heterocycles. The maximum Gasteiger partial charge on any atom is 0.187 e. The first-order valence-electron chi connectivity index (χ1n) is 6.61. The van der Waals surface area contributed by atoms with Crippen LogP contribution in [0.3, 0.4) is 0 Å². The molecule has 5 nitrogen and oxygen atoms in total. The molecule has 0 aliphatic heterocycles. The van der Waals surface area contributed by atoms with Gasteiger partial charge in [-0.1, -0.05) is 53.7 Å². The summed E-state index contributed by atoms with van der Waals surface area (Å²) >= 11 is 0. The van der Waals surface area contributed by atoms with Crippen LogP contribution >= 0.6 is 0 Å². The largest absolute Gasteiger partial charge is 0.234 e. The number of hydrogen-bond acceptors (Lipinski definition) is 4. The molecule has 0 unspecified atom stereocenters. The number of fused-ring (bicyclic) bond motifs is 1. The maximum atomic E-state index is 4.61. The van der Waals surface area contributed by atoms with E-state index >= 15 is 0 Å². The first-order chi connectivity index (χ1) is 10.4. The van der Waals surface area contributed by atoms with E-state index < -0.39 is 0 Å². The fraction of sp³-hybridized carbons (Fsp3) is 0. The van der Waals surface area contributed by atoms with Gasteiger partial charge in [0.1, 0.15) is 0 Å². The predicted octanol–water partition coefficient (Wildman–Crippen LogP) is 2.88. The number of aromatic nitrogens is 5. The van der Waals surface area contributed by atoms with Gasteiger partial charge in [0.15, 0.2) is 17.0 Å². The lowest BCUT2D eigenvalue weighted by atomic mass is 10.2. The highest BCUT2D eigenvalue weighted by Crippen LogP contribution is 2.18. The van der Waals surface area contributed by atoms with E-state index in [1.807, 2.05) is 60.7 Å². The second-order valence-corrected chi connectivity index (χ2v) is 4.61. The number of para-hydroxylation sites is 1. The highest BCUT2D eigenvalue weighted by atomic mass is 15.4. The molecule has 0 amide bonds. The van der Waals surface area contributed by atoms with E-state index in [0.717, 1.165) is 11.3 Å². The Balaban J connectivity index is 1.91. The van der Waals surface area contributed by atoms with E-state index in [2.05, 4.69) is 20.3 Å². The quantitative estimate of drug-likeness (QED) is 0.563. The Labute approximate surface area is 120 Å². The van der Waals surface area contributed by atoms with Crippen molar-refractivity contribution in [1.82, 2.24) is 25.0 Å². The fourth-order valence-electron chi connectivity index (χ4n) is 2.20. The molecule has 100 valence electrons. The summed E-state index contributed by atoms with van der Waals surface area (Å²) in [5.74, 6) is 0.669. The second-order valence-electron chi connectivity index (χ2n) is 4.61. The van der Waals surface area contributed by atoms with Crippen molar-refractivity contribution in [2.75, 3.05) is 0 Å². The van der Waals surface area contributed by atoms with Gasteiger partial charge < -0.3 is 0 Å². The molecule has 0 atom stereocenters. The average molecular weight is 273 g/mol. The summed E-state index contributed by atoms with van der Waals surface area (Å²) in [6.07, 6.45) is 1.71. The molecule has 0 N–H and O–H groups in total. The van der Waals surface area contributed by atoms with Crippen LogP contribution in [0.15, 0.2) is 66.9 Å². The number of benzene rings is 2. The van der Waals surface area contributed by atoms with E-state index in [4.69, 9.17) is 0 Å². The van der Waals surface area contributed by atoms with Crippen LogP contribution in [-0.4, -0.2) is 25.0 Å². The van der Waals surface area contributed by atoms with Gasteiger partial charge in [-0.15, -0.1) is 5.10 Å². The Morgan fingerprint density at radius 1 is 0.810 bits per heavy atom. The fourth-order valence-corrected chi connectivity index (χ4v) is 2.20. The minimum absolute atomic E-state index is 0.669. The van der Waals surface area contributed by atoms with E-state index in [-0.39, 0.29) is 0 Å². The van der Waals surface area contributed by atoms with Gasteiger partial charge in [0.2, 0.25) is 0 Å². The molecule has 0 aliphatic carbocycles. The van der Waals surface area contributed by atoms with Crippen LogP contribution in [0.1, 0.15) is 0 Å². The first-order valence-corrected chi connectivity index (χ1v) is 6.61. The zero-order valence-corrected chi connectivity index (χ0v) is 11.1. The molecule has 0 saturated heterocycles. The zero-order valence-electron chi connectivity index (χ0n) is 11.1. The van der Waals surface area contributed by atoms with Crippen molar-refractivity contribution in [2.24, 2.45) is 0 Å². The van der Waals surface area contributed by atoms with Crippen LogP contribution in [0.5, 0.6) is 0 Å². The summed E-state index contributed by atoms with van der Waals surface area (Å²) in [6, 6.07) is 19.7. The van der Waals surface area contributed by atoms with Crippen LogP contribution in [0.4, 0.5) is 0 Å². The lowest BCUT2D eigenvalue weighted by Gasteiger charge is -2.02. The third kappa shape index (κ3) is 2.04. The van der Waals surface area contributed by atoms with Gasteiger partial charge in [0.25, 0.3) is 0 Å². The lowest BCUT2D eigenvalue weighted by Crippen LogP contribution is -1.98. The Bertz CT molecular complexity index is 884. The van der Waals surface area contributed by atoms with Crippen molar-refractivity contribution in [1.29, 1.82) is 0 Å². The molecule has 21 heavy (non-hydrogen) atoms. The van der Waals surface area contributed by atoms with Crippen LogP contribution in [0, 0.1) is 0 Å². The Kier molecular flexibility index (Phi) is 2.67. The van der Waals surface area contributed by atoms with Crippen molar-refractivity contribution in [3.63, 3.8) is 0 Å². The molecule has 0 saturated carbocycles. The number of hydrogen-bond donors (Lipinski definition) is 0. The van der Waals surface area contributed by atoms with Crippen molar-refractivity contribution >= 4 is 11.2 Å². The summed E-state index contributed by atoms with van der Waals surface area (Å²) in [5.41, 5.74) is 3.28. The summed E-state index contributed by atoms with van der Waals surface area (Å²) in [6.45, 7) is 0. The standard InChI is InChI=1S/C16H11N5/c1-3-7-12(8-4-1)15-17-11-14-16(18-15)21(20-19-14)13-9-5-2-6-10-13/h1-11H. The molecule has 0 fully saturated rings. The van der Waals surface area contributed by atoms with Gasteiger partial charge in [-0.25, -0.2) is 9.97 Å². The monoisotopic (exact) mass is 273 g/mol. The highest BCUT2D eigenvalue weighted by Gasteiger charge is 2.10. The summed E-state index contributed by atoms with van der Waals surface area (Å²) < 4.78 is 1.73. The van der Waals surface area contributed by atoms with E-state index in [9.17, 15) is 0 Å². The first kappa shape index (κ1) is 11.7. The molecular formula is C16H11N5. The Morgan fingerprint density at radius 3 is 2.29 bits per heavy atom. The van der Waals surface area contributed by atoms with Crippen LogP contribution in [0.2, 0.25) is 0 Å². The predicted molar refractivity (Wildman–Crippen MR) is 79.9 cm³/mol. The van der Waals surface area contributed by atoms with Gasteiger partial charge in [0.05, 0.1) is 11.9 Å². The van der Waals surface area contributed by atoms with Crippen molar-refractivity contribution < 1.29 is 0 Å². The summed E-state index contributed by atoms with van der Waals surface area (Å²) in [4.78, 5) is 8.97. The van der Waals surface area contributed by atoms with Crippen LogP contribution in [0.25, 0.3) is 28.2 Å². The SMILES string of the molecule is c1ccc(-c2ncc3nnn(-c4ccccc4)c3n2)cc1. The molecule has 0 aliphatic rings. The topological polar surface area (TPSA) is 56.5 Å². The summed E-state index contributed by atoms with van der Waals surface area (Å²) in [5, 5.41) is 8.28. The van der Waals surface area contributed by atoms with Gasteiger partial charge in [-0.3, -0.25) is 0 Å². The van der Waals surface area contributed by atoms with E-state index in [0.29, 0.717) is 17.0 Å². The smallest absolute Gasteiger partial charge is 0.187 e. The van der Waals surface area contributed by atoms with Gasteiger partial charge in [0, 0.05) is 5.56 Å². The molecule has 0 radical (unpaired) electrons. The second kappa shape index (κ2) is 4.79.